The average molecular weight is 354 g/mol. The predicted octanol–water partition coefficient (Wildman–Crippen LogP) is 4.89. The van der Waals surface area contributed by atoms with Crippen LogP contribution in [0.3, 0.4) is 0 Å². The Morgan fingerprint density at radius 3 is 2.65 bits per heavy atom. The highest BCUT2D eigenvalue weighted by molar-refractivity contribution is 5.91. The van der Waals surface area contributed by atoms with E-state index in [1.54, 1.807) is 6.07 Å². The van der Waals surface area contributed by atoms with Crippen molar-refractivity contribution in [3.8, 4) is 17.0 Å². The largest absolute Gasteiger partial charge is 0.494 e. The third-order valence-electron chi connectivity index (χ3n) is 4.91. The molecular weight excluding hydrogens is 331 g/mol. The minimum absolute atomic E-state index is 0.195. The van der Waals surface area contributed by atoms with Crippen LogP contribution in [0.1, 0.15) is 25.7 Å². The van der Waals surface area contributed by atoms with Crippen LogP contribution in [-0.4, -0.2) is 36.3 Å². The van der Waals surface area contributed by atoms with Crippen LogP contribution in [0.15, 0.2) is 47.0 Å². The van der Waals surface area contributed by atoms with E-state index < -0.39 is 5.82 Å². The molecule has 4 rings (SSSR count). The van der Waals surface area contributed by atoms with Crippen molar-refractivity contribution in [2.45, 2.75) is 25.7 Å². The van der Waals surface area contributed by atoms with E-state index in [1.807, 2.05) is 30.3 Å². The Balaban J connectivity index is 1.35. The lowest BCUT2D eigenvalue weighted by molar-refractivity contribution is 0.205. The van der Waals surface area contributed by atoms with Crippen LogP contribution in [0.5, 0.6) is 5.75 Å². The molecule has 0 saturated carbocycles. The number of piperidine rings is 1. The van der Waals surface area contributed by atoms with Crippen LogP contribution < -0.4 is 4.74 Å². The van der Waals surface area contributed by atoms with E-state index in [0.29, 0.717) is 17.7 Å². The molecule has 26 heavy (non-hydrogen) atoms. The molecule has 136 valence electrons. The number of hydrogen-bond donors (Lipinski definition) is 0. The van der Waals surface area contributed by atoms with Crippen molar-refractivity contribution in [1.29, 1.82) is 0 Å². The second kappa shape index (κ2) is 7.87. The number of benzene rings is 2. The lowest BCUT2D eigenvalue weighted by Gasteiger charge is -2.26. The highest BCUT2D eigenvalue weighted by Crippen LogP contribution is 2.30. The summed E-state index contributed by atoms with van der Waals surface area (Å²) in [5.41, 5.74) is 1.73. The normalized spacial score (nSPS) is 15.4. The number of nitrogens with zero attached hydrogens (tertiary/aromatic N) is 2. The van der Waals surface area contributed by atoms with Gasteiger partial charge in [0.2, 0.25) is 5.58 Å². The van der Waals surface area contributed by atoms with Gasteiger partial charge < -0.3 is 14.2 Å². The number of hydrogen-bond acceptors (Lipinski definition) is 4. The van der Waals surface area contributed by atoms with E-state index in [4.69, 9.17) is 9.26 Å². The molecular formula is C21H23FN2O2. The molecule has 1 aromatic heterocycles. The third kappa shape index (κ3) is 3.73. The second-order valence-electron chi connectivity index (χ2n) is 6.78. The smallest absolute Gasteiger partial charge is 0.203 e. The van der Waals surface area contributed by atoms with Crippen LogP contribution in [0.25, 0.3) is 22.2 Å². The molecule has 1 aliphatic rings. The van der Waals surface area contributed by atoms with Crippen molar-refractivity contribution in [3.05, 3.63) is 48.3 Å². The van der Waals surface area contributed by atoms with E-state index in [0.717, 1.165) is 24.3 Å². The van der Waals surface area contributed by atoms with Gasteiger partial charge in [0.25, 0.3) is 0 Å². The summed E-state index contributed by atoms with van der Waals surface area (Å²) in [4.78, 5) is 2.52. The van der Waals surface area contributed by atoms with Gasteiger partial charge in [-0.05, 0) is 68.8 Å². The van der Waals surface area contributed by atoms with Crippen molar-refractivity contribution < 1.29 is 13.7 Å². The third-order valence-corrected chi connectivity index (χ3v) is 4.91. The number of ether oxygens (including phenoxy) is 1. The number of fused-ring (bicyclic) bond motifs is 1. The number of para-hydroxylation sites is 1. The molecule has 2 aromatic carbocycles. The van der Waals surface area contributed by atoms with Crippen LogP contribution >= 0.6 is 0 Å². The Morgan fingerprint density at radius 1 is 1.04 bits per heavy atom. The highest BCUT2D eigenvalue weighted by Gasteiger charge is 2.13. The monoisotopic (exact) mass is 354 g/mol. The van der Waals surface area contributed by atoms with Gasteiger partial charge in [0.1, 0.15) is 11.4 Å². The van der Waals surface area contributed by atoms with Gasteiger partial charge in [-0.1, -0.05) is 17.6 Å². The Bertz CT molecular complexity index is 854. The van der Waals surface area contributed by atoms with Crippen molar-refractivity contribution in [1.82, 2.24) is 10.1 Å². The SMILES string of the molecule is Fc1cccc2c(-c3ccc(OCCCN4CCCCC4)cc3)noc12. The average Bonchev–Trinajstić information content (AvgIpc) is 3.12. The molecule has 0 bridgehead atoms. The molecule has 0 atom stereocenters. The van der Waals surface area contributed by atoms with Gasteiger partial charge in [0, 0.05) is 12.1 Å². The van der Waals surface area contributed by atoms with Crippen LogP contribution in [-0.2, 0) is 0 Å². The van der Waals surface area contributed by atoms with E-state index in [9.17, 15) is 4.39 Å². The van der Waals surface area contributed by atoms with Crippen LogP contribution in [0, 0.1) is 5.82 Å². The lowest BCUT2D eigenvalue weighted by Crippen LogP contribution is -2.31. The summed E-state index contributed by atoms with van der Waals surface area (Å²) in [6, 6.07) is 12.6. The molecule has 4 nitrogen and oxygen atoms in total. The van der Waals surface area contributed by atoms with Gasteiger partial charge in [0.05, 0.1) is 12.0 Å². The van der Waals surface area contributed by atoms with Crippen molar-refractivity contribution in [2.75, 3.05) is 26.2 Å². The van der Waals surface area contributed by atoms with Crippen molar-refractivity contribution >= 4 is 11.0 Å². The molecule has 0 spiro atoms. The van der Waals surface area contributed by atoms with Gasteiger partial charge in [-0.2, -0.15) is 0 Å². The fraction of sp³-hybridized carbons (Fsp3) is 0.381. The van der Waals surface area contributed by atoms with Crippen LogP contribution in [0.2, 0.25) is 0 Å². The summed E-state index contributed by atoms with van der Waals surface area (Å²) >= 11 is 0. The maximum Gasteiger partial charge on any atom is 0.203 e. The maximum absolute atomic E-state index is 13.7. The molecule has 0 N–H and O–H groups in total. The Labute approximate surface area is 152 Å². The molecule has 2 heterocycles. The molecule has 1 saturated heterocycles. The first-order chi connectivity index (χ1) is 12.8. The Kier molecular flexibility index (Phi) is 5.16. The molecule has 1 fully saturated rings. The Hall–Kier alpha value is -2.40. The van der Waals surface area contributed by atoms with E-state index in [2.05, 4.69) is 10.1 Å². The Morgan fingerprint density at radius 2 is 1.85 bits per heavy atom. The molecule has 3 aromatic rings. The minimum Gasteiger partial charge on any atom is -0.494 e. The predicted molar refractivity (Wildman–Crippen MR) is 99.8 cm³/mol. The first kappa shape index (κ1) is 17.0. The van der Waals surface area contributed by atoms with Gasteiger partial charge in [-0.25, -0.2) is 4.39 Å². The van der Waals surface area contributed by atoms with Crippen molar-refractivity contribution in [2.24, 2.45) is 0 Å². The maximum atomic E-state index is 13.7. The van der Waals surface area contributed by atoms with E-state index in [-0.39, 0.29) is 5.58 Å². The minimum atomic E-state index is -0.394. The molecule has 1 aliphatic heterocycles. The fourth-order valence-electron chi connectivity index (χ4n) is 3.51. The number of rotatable bonds is 6. The number of likely N-dealkylation sites (tertiary alicyclic amines) is 1. The first-order valence-corrected chi connectivity index (χ1v) is 9.31. The number of halogens is 1. The summed E-state index contributed by atoms with van der Waals surface area (Å²) in [5, 5.41) is 4.70. The summed E-state index contributed by atoms with van der Waals surface area (Å²) in [6.45, 7) is 4.27. The molecule has 5 heteroatoms. The quantitative estimate of drug-likeness (QED) is 0.591. The van der Waals surface area contributed by atoms with Gasteiger partial charge in [-0.3, -0.25) is 0 Å². The molecule has 0 aliphatic carbocycles. The van der Waals surface area contributed by atoms with E-state index >= 15 is 0 Å². The zero-order valence-electron chi connectivity index (χ0n) is 14.8. The molecule has 0 radical (unpaired) electrons. The van der Waals surface area contributed by atoms with E-state index in [1.165, 1.54) is 38.4 Å². The number of aromatic nitrogens is 1. The highest BCUT2D eigenvalue weighted by atomic mass is 19.1. The summed E-state index contributed by atoms with van der Waals surface area (Å²) in [5.74, 6) is 0.446. The van der Waals surface area contributed by atoms with Crippen molar-refractivity contribution in [3.63, 3.8) is 0 Å². The lowest BCUT2D eigenvalue weighted by atomic mass is 10.1. The standard InChI is InChI=1S/C21H23FN2O2/c22-19-7-4-6-18-20(23-26-21(18)19)16-8-10-17(11-9-16)25-15-5-14-24-12-2-1-3-13-24/h4,6-11H,1-3,5,12-15H2. The zero-order valence-corrected chi connectivity index (χ0v) is 14.8. The zero-order chi connectivity index (χ0) is 17.8. The van der Waals surface area contributed by atoms with Gasteiger partial charge in [0.15, 0.2) is 5.82 Å². The van der Waals surface area contributed by atoms with Gasteiger partial charge >= 0.3 is 0 Å². The first-order valence-electron chi connectivity index (χ1n) is 9.31. The second-order valence-corrected chi connectivity index (χ2v) is 6.78. The van der Waals surface area contributed by atoms with Crippen LogP contribution in [0.4, 0.5) is 4.39 Å². The summed E-state index contributed by atoms with van der Waals surface area (Å²) in [6.07, 6.45) is 5.05. The topological polar surface area (TPSA) is 38.5 Å². The fourth-order valence-corrected chi connectivity index (χ4v) is 3.51. The molecule has 0 amide bonds. The molecule has 0 unspecified atom stereocenters. The summed E-state index contributed by atoms with van der Waals surface area (Å²) < 4.78 is 24.7. The summed E-state index contributed by atoms with van der Waals surface area (Å²) in [7, 11) is 0. The van der Waals surface area contributed by atoms with Gasteiger partial charge in [-0.15, -0.1) is 0 Å².